The first kappa shape index (κ1) is 16.3. The smallest absolute Gasteiger partial charge is 0.307 e. The molecule has 2 nitrogen and oxygen atoms in total. The van der Waals surface area contributed by atoms with Crippen LogP contribution in [0.2, 0.25) is 0 Å². The van der Waals surface area contributed by atoms with Crippen LogP contribution >= 0.6 is 0 Å². The molecule has 1 unspecified atom stereocenters. The molecule has 0 aliphatic heterocycles. The van der Waals surface area contributed by atoms with Gasteiger partial charge in [0.1, 0.15) is 0 Å². The minimum absolute atomic E-state index is 0.149. The largest absolute Gasteiger partial charge is 0.450 e. The van der Waals surface area contributed by atoms with Gasteiger partial charge < -0.3 is 4.74 Å². The van der Waals surface area contributed by atoms with Gasteiger partial charge in [-0.05, 0) is 24.0 Å². The molecule has 2 aromatic carbocycles. The van der Waals surface area contributed by atoms with Gasteiger partial charge in [-0.3, -0.25) is 4.79 Å². The van der Waals surface area contributed by atoms with Gasteiger partial charge >= 0.3 is 5.97 Å². The lowest BCUT2D eigenvalue weighted by Gasteiger charge is -2.31. The van der Waals surface area contributed by atoms with Crippen LogP contribution in [-0.4, -0.2) is 5.97 Å². The van der Waals surface area contributed by atoms with Gasteiger partial charge in [0.15, 0.2) is 5.60 Å². The van der Waals surface area contributed by atoms with E-state index in [0.29, 0.717) is 12.3 Å². The van der Waals surface area contributed by atoms with E-state index in [4.69, 9.17) is 4.74 Å². The molecule has 2 heteroatoms. The number of carbonyl (C=O) groups excluding carboxylic acids is 1. The van der Waals surface area contributed by atoms with Gasteiger partial charge in [0, 0.05) is 6.42 Å². The van der Waals surface area contributed by atoms with Crippen molar-refractivity contribution in [1.29, 1.82) is 0 Å². The summed E-state index contributed by atoms with van der Waals surface area (Å²) in [6.45, 7) is 6.13. The molecule has 0 radical (unpaired) electrons. The summed E-state index contributed by atoms with van der Waals surface area (Å²) >= 11 is 0. The standard InChI is InChI=1S/C20H24O2/c1-4-16(2)15-19(21)22-20(3,17-11-7-5-8-12-17)18-13-9-6-10-14-18/h5-14,16H,4,15H2,1-3H3. The van der Waals surface area contributed by atoms with Crippen LogP contribution in [0.25, 0.3) is 0 Å². The minimum atomic E-state index is -0.757. The van der Waals surface area contributed by atoms with E-state index < -0.39 is 5.60 Å². The molecule has 1 atom stereocenters. The summed E-state index contributed by atoms with van der Waals surface area (Å²) in [6.07, 6.45) is 1.42. The number of benzene rings is 2. The summed E-state index contributed by atoms with van der Waals surface area (Å²) < 4.78 is 5.94. The highest BCUT2D eigenvalue weighted by Crippen LogP contribution is 2.34. The fourth-order valence-corrected chi connectivity index (χ4v) is 2.50. The van der Waals surface area contributed by atoms with Crippen LogP contribution in [0.3, 0.4) is 0 Å². The Morgan fingerprint density at radius 3 is 1.86 bits per heavy atom. The van der Waals surface area contributed by atoms with Crippen molar-refractivity contribution in [3.63, 3.8) is 0 Å². The molecule has 0 fully saturated rings. The highest BCUT2D eigenvalue weighted by Gasteiger charge is 2.33. The average Bonchev–Trinajstić information content (AvgIpc) is 2.56. The van der Waals surface area contributed by atoms with E-state index >= 15 is 0 Å². The monoisotopic (exact) mass is 296 g/mol. The van der Waals surface area contributed by atoms with Gasteiger partial charge in [-0.25, -0.2) is 0 Å². The summed E-state index contributed by atoms with van der Waals surface area (Å²) in [4.78, 5) is 12.4. The third kappa shape index (κ3) is 3.76. The lowest BCUT2D eigenvalue weighted by atomic mass is 9.88. The van der Waals surface area contributed by atoms with Gasteiger partial charge in [0.25, 0.3) is 0 Å². The van der Waals surface area contributed by atoms with Crippen molar-refractivity contribution in [1.82, 2.24) is 0 Å². The molecule has 0 spiro atoms. The topological polar surface area (TPSA) is 26.3 Å². The molecular formula is C20H24O2. The van der Waals surface area contributed by atoms with Crippen LogP contribution in [0.5, 0.6) is 0 Å². The van der Waals surface area contributed by atoms with Crippen LogP contribution in [0, 0.1) is 5.92 Å². The van der Waals surface area contributed by atoms with E-state index in [1.807, 2.05) is 67.6 Å². The number of esters is 1. The molecule has 0 aliphatic rings. The second-order valence-electron chi connectivity index (χ2n) is 5.96. The quantitative estimate of drug-likeness (QED) is 0.706. The summed E-state index contributed by atoms with van der Waals surface area (Å²) in [7, 11) is 0. The molecule has 0 N–H and O–H groups in total. The van der Waals surface area contributed by atoms with Gasteiger partial charge in [-0.1, -0.05) is 80.9 Å². The van der Waals surface area contributed by atoms with Crippen molar-refractivity contribution >= 4 is 5.97 Å². The molecule has 2 aromatic rings. The summed E-state index contributed by atoms with van der Waals surface area (Å²) in [5.74, 6) is 0.188. The zero-order valence-corrected chi connectivity index (χ0v) is 13.6. The van der Waals surface area contributed by atoms with E-state index in [-0.39, 0.29) is 5.97 Å². The second kappa shape index (κ2) is 7.26. The third-order valence-corrected chi connectivity index (χ3v) is 4.18. The first-order chi connectivity index (χ1) is 10.6. The first-order valence-corrected chi connectivity index (χ1v) is 7.89. The van der Waals surface area contributed by atoms with Crippen LogP contribution in [0.15, 0.2) is 60.7 Å². The van der Waals surface area contributed by atoms with Crippen molar-refractivity contribution < 1.29 is 9.53 Å². The molecule has 0 aliphatic carbocycles. The average molecular weight is 296 g/mol. The highest BCUT2D eigenvalue weighted by molar-refractivity contribution is 5.71. The Hall–Kier alpha value is -2.09. The zero-order valence-electron chi connectivity index (χ0n) is 13.6. The lowest BCUT2D eigenvalue weighted by molar-refractivity contribution is -0.156. The van der Waals surface area contributed by atoms with Crippen molar-refractivity contribution in [3.8, 4) is 0 Å². The Balaban J connectivity index is 2.33. The molecule has 0 aromatic heterocycles. The predicted molar refractivity (Wildman–Crippen MR) is 89.5 cm³/mol. The highest BCUT2D eigenvalue weighted by atomic mass is 16.6. The van der Waals surface area contributed by atoms with Crippen LogP contribution in [0.1, 0.15) is 44.7 Å². The summed E-state index contributed by atoms with van der Waals surface area (Å²) in [5.41, 5.74) is 1.21. The maximum atomic E-state index is 12.4. The van der Waals surface area contributed by atoms with E-state index in [9.17, 15) is 4.79 Å². The van der Waals surface area contributed by atoms with Crippen LogP contribution in [0.4, 0.5) is 0 Å². The minimum Gasteiger partial charge on any atom is -0.450 e. The zero-order chi connectivity index (χ0) is 16.0. The molecular weight excluding hydrogens is 272 g/mol. The number of ether oxygens (including phenoxy) is 1. The fourth-order valence-electron chi connectivity index (χ4n) is 2.50. The third-order valence-electron chi connectivity index (χ3n) is 4.18. The molecule has 2 rings (SSSR count). The van der Waals surface area contributed by atoms with Crippen molar-refractivity contribution in [2.75, 3.05) is 0 Å². The molecule has 116 valence electrons. The number of carbonyl (C=O) groups is 1. The van der Waals surface area contributed by atoms with Gasteiger partial charge in [0.05, 0.1) is 0 Å². The Kier molecular flexibility index (Phi) is 5.37. The van der Waals surface area contributed by atoms with Crippen molar-refractivity contribution in [2.24, 2.45) is 5.92 Å². The molecule has 0 saturated carbocycles. The summed E-state index contributed by atoms with van der Waals surface area (Å²) in [6, 6.07) is 19.8. The van der Waals surface area contributed by atoms with E-state index in [1.165, 1.54) is 0 Å². The lowest BCUT2D eigenvalue weighted by Crippen LogP contribution is -2.31. The van der Waals surface area contributed by atoms with Crippen molar-refractivity contribution in [2.45, 2.75) is 39.2 Å². The predicted octanol–water partition coefficient (Wildman–Crippen LogP) is 4.93. The molecule has 0 amide bonds. The molecule has 0 bridgehead atoms. The number of hydrogen-bond acceptors (Lipinski definition) is 2. The van der Waals surface area contributed by atoms with E-state index in [1.54, 1.807) is 0 Å². The number of hydrogen-bond donors (Lipinski definition) is 0. The van der Waals surface area contributed by atoms with Gasteiger partial charge in [0.2, 0.25) is 0 Å². The van der Waals surface area contributed by atoms with Gasteiger partial charge in [-0.15, -0.1) is 0 Å². The van der Waals surface area contributed by atoms with Gasteiger partial charge in [-0.2, -0.15) is 0 Å². The Labute approximate surface area is 133 Å². The summed E-state index contributed by atoms with van der Waals surface area (Å²) in [5, 5.41) is 0. The molecule has 0 saturated heterocycles. The Morgan fingerprint density at radius 2 is 1.45 bits per heavy atom. The normalized spacial score (nSPS) is 12.7. The maximum Gasteiger partial charge on any atom is 0.307 e. The van der Waals surface area contributed by atoms with Crippen LogP contribution in [-0.2, 0) is 15.1 Å². The molecule has 0 heterocycles. The fraction of sp³-hybridized carbons (Fsp3) is 0.350. The Bertz CT molecular complexity index is 550. The van der Waals surface area contributed by atoms with E-state index in [0.717, 1.165) is 17.5 Å². The van der Waals surface area contributed by atoms with Crippen LogP contribution < -0.4 is 0 Å². The van der Waals surface area contributed by atoms with E-state index in [2.05, 4.69) is 13.8 Å². The second-order valence-corrected chi connectivity index (χ2v) is 5.96. The van der Waals surface area contributed by atoms with Crippen molar-refractivity contribution in [3.05, 3.63) is 71.8 Å². The molecule has 22 heavy (non-hydrogen) atoms. The maximum absolute atomic E-state index is 12.4. The first-order valence-electron chi connectivity index (χ1n) is 7.89. The SMILES string of the molecule is CCC(C)CC(=O)OC(C)(c1ccccc1)c1ccccc1. The Morgan fingerprint density at radius 1 is 1.00 bits per heavy atom. The number of rotatable bonds is 6.